The standard InChI is InChI=1S/C11H16O.K/c1-8-6-5-7-9(10(8)12)11(2,3)4;/h5-7,12H,1-4H3;/q;+1/p-1. The van der Waals surface area contributed by atoms with E-state index in [-0.39, 0.29) is 62.5 Å². The molecule has 1 nitrogen and oxygen atoms in total. The summed E-state index contributed by atoms with van der Waals surface area (Å²) in [5, 5.41) is 11.6. The van der Waals surface area contributed by atoms with Crippen molar-refractivity contribution < 1.29 is 56.5 Å². The number of hydrogen-bond donors (Lipinski definition) is 0. The van der Waals surface area contributed by atoms with Crippen LogP contribution in [0.4, 0.5) is 0 Å². The van der Waals surface area contributed by atoms with E-state index >= 15 is 0 Å². The van der Waals surface area contributed by atoms with Gasteiger partial charge in [-0.3, -0.25) is 0 Å². The monoisotopic (exact) mass is 202 g/mol. The third-order valence-electron chi connectivity index (χ3n) is 2.02. The Bertz CT molecular complexity index is 287. The maximum absolute atomic E-state index is 11.6. The normalized spacial score (nSPS) is 10.8. The Morgan fingerprint density at radius 3 is 2.08 bits per heavy atom. The minimum Gasteiger partial charge on any atom is -0.872 e. The molecule has 0 amide bonds. The Kier molecular flexibility index (Phi) is 5.19. The smallest absolute Gasteiger partial charge is 0.872 e. The molecule has 0 unspecified atom stereocenters. The quantitative estimate of drug-likeness (QED) is 0.514. The van der Waals surface area contributed by atoms with Gasteiger partial charge in [0.25, 0.3) is 0 Å². The summed E-state index contributed by atoms with van der Waals surface area (Å²) in [5.41, 5.74) is 1.70. The van der Waals surface area contributed by atoms with E-state index in [2.05, 4.69) is 20.8 Å². The van der Waals surface area contributed by atoms with Crippen molar-refractivity contribution in [3.63, 3.8) is 0 Å². The van der Waals surface area contributed by atoms with E-state index in [0.717, 1.165) is 11.1 Å². The number of aryl methyl sites for hydroxylation is 1. The van der Waals surface area contributed by atoms with Gasteiger partial charge in [-0.15, -0.1) is 5.75 Å². The zero-order valence-electron chi connectivity index (χ0n) is 9.14. The molecule has 2 heteroatoms. The number of para-hydroxylation sites is 1. The molecule has 0 N–H and O–H groups in total. The average molecular weight is 202 g/mol. The fourth-order valence-electron chi connectivity index (χ4n) is 1.24. The van der Waals surface area contributed by atoms with E-state index in [9.17, 15) is 5.11 Å². The van der Waals surface area contributed by atoms with Gasteiger partial charge < -0.3 is 5.11 Å². The molecule has 0 radical (unpaired) electrons. The van der Waals surface area contributed by atoms with Gasteiger partial charge in [0.05, 0.1) is 0 Å². The van der Waals surface area contributed by atoms with Crippen LogP contribution in [-0.4, -0.2) is 0 Å². The van der Waals surface area contributed by atoms with E-state index in [0.29, 0.717) is 0 Å². The molecule has 0 aliphatic heterocycles. The average Bonchev–Trinajstić information content (AvgIpc) is 1.92. The molecule has 0 heterocycles. The van der Waals surface area contributed by atoms with Crippen molar-refractivity contribution in [2.24, 2.45) is 0 Å². The largest absolute Gasteiger partial charge is 1.00 e. The molecule has 1 aromatic carbocycles. The Morgan fingerprint density at radius 2 is 1.69 bits per heavy atom. The van der Waals surface area contributed by atoms with Crippen LogP contribution < -0.4 is 56.5 Å². The summed E-state index contributed by atoms with van der Waals surface area (Å²) in [6.07, 6.45) is 0. The van der Waals surface area contributed by atoms with E-state index in [1.165, 1.54) is 0 Å². The van der Waals surface area contributed by atoms with Crippen LogP contribution in [0.3, 0.4) is 0 Å². The zero-order valence-corrected chi connectivity index (χ0v) is 12.3. The summed E-state index contributed by atoms with van der Waals surface area (Å²) >= 11 is 0. The maximum atomic E-state index is 11.6. The fourth-order valence-corrected chi connectivity index (χ4v) is 1.24. The minimum atomic E-state index is -0.0386. The molecular formula is C11H15KO. The van der Waals surface area contributed by atoms with E-state index < -0.39 is 0 Å². The van der Waals surface area contributed by atoms with Crippen molar-refractivity contribution in [2.75, 3.05) is 0 Å². The third-order valence-corrected chi connectivity index (χ3v) is 2.02. The molecule has 0 atom stereocenters. The first-order valence-corrected chi connectivity index (χ1v) is 4.20. The second-order valence-electron chi connectivity index (χ2n) is 4.20. The van der Waals surface area contributed by atoms with Crippen molar-refractivity contribution >= 4 is 0 Å². The summed E-state index contributed by atoms with van der Waals surface area (Å²) in [6.45, 7) is 8.03. The summed E-state index contributed by atoms with van der Waals surface area (Å²) in [7, 11) is 0. The van der Waals surface area contributed by atoms with Gasteiger partial charge in [0.1, 0.15) is 0 Å². The Morgan fingerprint density at radius 1 is 1.15 bits per heavy atom. The Hall–Kier alpha value is 0.656. The summed E-state index contributed by atoms with van der Waals surface area (Å²) in [4.78, 5) is 0. The molecule has 0 spiro atoms. The molecule has 0 saturated carbocycles. The number of hydrogen-bond acceptors (Lipinski definition) is 1. The molecule has 0 fully saturated rings. The third kappa shape index (κ3) is 3.37. The van der Waals surface area contributed by atoms with Crippen LogP contribution in [0.25, 0.3) is 0 Å². The van der Waals surface area contributed by atoms with Crippen molar-refractivity contribution in [2.45, 2.75) is 33.1 Å². The van der Waals surface area contributed by atoms with Crippen LogP contribution in [0.2, 0.25) is 0 Å². The second-order valence-corrected chi connectivity index (χ2v) is 4.20. The molecule has 66 valence electrons. The van der Waals surface area contributed by atoms with Crippen LogP contribution >= 0.6 is 0 Å². The Balaban J connectivity index is 0.00000144. The first kappa shape index (κ1) is 13.7. The first-order valence-electron chi connectivity index (χ1n) is 4.20. The maximum Gasteiger partial charge on any atom is 1.00 e. The van der Waals surface area contributed by atoms with Crippen molar-refractivity contribution in [1.82, 2.24) is 0 Å². The summed E-state index contributed by atoms with van der Waals surface area (Å²) in [5.74, 6) is 0.185. The first-order chi connectivity index (χ1) is 5.43. The van der Waals surface area contributed by atoms with Crippen LogP contribution in [0.15, 0.2) is 18.2 Å². The minimum absolute atomic E-state index is 0. The van der Waals surface area contributed by atoms with E-state index in [1.54, 1.807) is 0 Å². The molecule has 1 rings (SSSR count). The Labute approximate surface area is 123 Å². The van der Waals surface area contributed by atoms with Gasteiger partial charge >= 0.3 is 51.4 Å². The molecule has 1 aromatic rings. The molecule has 0 saturated heterocycles. The van der Waals surface area contributed by atoms with Crippen molar-refractivity contribution in [3.05, 3.63) is 29.3 Å². The molecule has 13 heavy (non-hydrogen) atoms. The van der Waals surface area contributed by atoms with Gasteiger partial charge in [-0.1, -0.05) is 50.1 Å². The van der Waals surface area contributed by atoms with Crippen LogP contribution in [-0.2, 0) is 5.41 Å². The second kappa shape index (κ2) is 4.94. The summed E-state index contributed by atoms with van der Waals surface area (Å²) in [6, 6.07) is 5.71. The van der Waals surface area contributed by atoms with Gasteiger partial charge in [0, 0.05) is 0 Å². The van der Waals surface area contributed by atoms with Crippen LogP contribution in [0.1, 0.15) is 31.9 Å². The van der Waals surface area contributed by atoms with E-state index in [1.807, 2.05) is 25.1 Å². The molecule has 0 aromatic heterocycles. The van der Waals surface area contributed by atoms with Gasteiger partial charge in [-0.2, -0.15) is 0 Å². The topological polar surface area (TPSA) is 23.1 Å². The van der Waals surface area contributed by atoms with Gasteiger partial charge in [-0.25, -0.2) is 0 Å². The van der Waals surface area contributed by atoms with Crippen molar-refractivity contribution in [3.8, 4) is 5.75 Å². The molecule has 0 aliphatic rings. The summed E-state index contributed by atoms with van der Waals surface area (Å²) < 4.78 is 0. The number of benzene rings is 1. The van der Waals surface area contributed by atoms with Crippen LogP contribution in [0.5, 0.6) is 5.75 Å². The number of rotatable bonds is 0. The molecule has 0 bridgehead atoms. The van der Waals surface area contributed by atoms with Gasteiger partial charge in [-0.05, 0) is 12.3 Å². The van der Waals surface area contributed by atoms with Gasteiger partial charge in [0.2, 0.25) is 0 Å². The van der Waals surface area contributed by atoms with Crippen molar-refractivity contribution in [1.29, 1.82) is 0 Å². The van der Waals surface area contributed by atoms with Gasteiger partial charge in [0.15, 0.2) is 0 Å². The predicted molar refractivity (Wildman–Crippen MR) is 49.3 cm³/mol. The molecule has 0 aliphatic carbocycles. The SMILES string of the molecule is Cc1cccc(C(C)(C)C)c1[O-].[K+]. The predicted octanol–water partition coefficient (Wildman–Crippen LogP) is -0.630. The zero-order chi connectivity index (χ0) is 9.35. The molecular weight excluding hydrogens is 187 g/mol. The van der Waals surface area contributed by atoms with Crippen LogP contribution in [0, 0.1) is 6.92 Å². The fraction of sp³-hybridized carbons (Fsp3) is 0.455. The van der Waals surface area contributed by atoms with E-state index in [4.69, 9.17) is 0 Å².